The van der Waals surface area contributed by atoms with Gasteiger partial charge in [0.05, 0.1) is 0 Å². The first-order valence-corrected chi connectivity index (χ1v) is 5.97. The quantitative estimate of drug-likeness (QED) is 0.788. The van der Waals surface area contributed by atoms with Crippen molar-refractivity contribution in [2.24, 2.45) is 5.92 Å². The lowest BCUT2D eigenvalue weighted by Crippen LogP contribution is -2.39. The van der Waals surface area contributed by atoms with Crippen molar-refractivity contribution in [3.63, 3.8) is 0 Å². The molecule has 2 rings (SSSR count). The maximum Gasteiger partial charge on any atom is 0.321 e. The van der Waals surface area contributed by atoms with Crippen LogP contribution in [0, 0.1) is 5.92 Å². The summed E-state index contributed by atoms with van der Waals surface area (Å²) in [7, 11) is 1.84. The molecular weight excluding hydrogens is 214 g/mol. The molecule has 3 N–H and O–H groups in total. The highest BCUT2D eigenvalue weighted by molar-refractivity contribution is 5.89. The molecule has 17 heavy (non-hydrogen) atoms. The average molecular weight is 233 g/mol. The summed E-state index contributed by atoms with van der Waals surface area (Å²) in [6, 6.07) is 7.42. The summed E-state index contributed by atoms with van der Waals surface area (Å²) in [5.74, 6) is 0.678. The molecule has 1 fully saturated rings. The summed E-state index contributed by atoms with van der Waals surface area (Å²) in [4.78, 5) is 13.7. The molecule has 1 atom stereocenters. The number of benzene rings is 1. The molecule has 0 aromatic heterocycles. The predicted molar refractivity (Wildman–Crippen MR) is 69.8 cm³/mol. The highest BCUT2D eigenvalue weighted by atomic mass is 16.2. The molecule has 0 bridgehead atoms. The van der Waals surface area contributed by atoms with Gasteiger partial charge in [-0.1, -0.05) is 0 Å². The Morgan fingerprint density at radius 2 is 2.00 bits per heavy atom. The van der Waals surface area contributed by atoms with Gasteiger partial charge in [0, 0.05) is 24.5 Å². The number of urea groups is 1. The summed E-state index contributed by atoms with van der Waals surface area (Å²) < 4.78 is 0. The Balaban J connectivity index is 1.93. The van der Waals surface area contributed by atoms with Crippen molar-refractivity contribution in [2.45, 2.75) is 25.8 Å². The van der Waals surface area contributed by atoms with E-state index in [1.54, 1.807) is 17.0 Å². The predicted octanol–water partition coefficient (Wildman–Crippen LogP) is 2.53. The van der Waals surface area contributed by atoms with E-state index in [1.807, 2.05) is 19.2 Å². The van der Waals surface area contributed by atoms with E-state index in [1.165, 1.54) is 12.8 Å². The second-order valence-electron chi connectivity index (χ2n) is 4.74. The van der Waals surface area contributed by atoms with Gasteiger partial charge in [-0.2, -0.15) is 0 Å². The van der Waals surface area contributed by atoms with Crippen molar-refractivity contribution < 1.29 is 4.79 Å². The summed E-state index contributed by atoms with van der Waals surface area (Å²) >= 11 is 0. The van der Waals surface area contributed by atoms with Gasteiger partial charge in [0.15, 0.2) is 0 Å². The second-order valence-corrected chi connectivity index (χ2v) is 4.74. The first kappa shape index (κ1) is 11.8. The smallest absolute Gasteiger partial charge is 0.321 e. The van der Waals surface area contributed by atoms with Crippen LogP contribution in [0.3, 0.4) is 0 Å². The molecule has 0 radical (unpaired) electrons. The molecule has 92 valence electrons. The van der Waals surface area contributed by atoms with Crippen LogP contribution in [-0.2, 0) is 0 Å². The Bertz CT molecular complexity index is 398. The van der Waals surface area contributed by atoms with Crippen LogP contribution in [-0.4, -0.2) is 24.0 Å². The molecule has 1 aliphatic carbocycles. The minimum absolute atomic E-state index is 0.0610. The zero-order chi connectivity index (χ0) is 12.4. The number of nitrogens with zero attached hydrogens (tertiary/aromatic N) is 1. The number of carbonyl (C=O) groups excluding carboxylic acids is 1. The average Bonchev–Trinajstić information content (AvgIpc) is 3.14. The second kappa shape index (κ2) is 4.65. The van der Waals surface area contributed by atoms with Gasteiger partial charge in [0.25, 0.3) is 0 Å². The number of nitrogen functional groups attached to an aromatic ring is 1. The van der Waals surface area contributed by atoms with Gasteiger partial charge in [-0.3, -0.25) is 0 Å². The van der Waals surface area contributed by atoms with Crippen LogP contribution in [0.1, 0.15) is 19.8 Å². The van der Waals surface area contributed by atoms with E-state index in [4.69, 9.17) is 5.73 Å². The Hall–Kier alpha value is -1.71. The largest absolute Gasteiger partial charge is 0.399 e. The lowest BCUT2D eigenvalue weighted by Gasteiger charge is -2.25. The number of nitrogens with two attached hydrogens (primary N) is 1. The first-order chi connectivity index (χ1) is 8.08. The van der Waals surface area contributed by atoms with E-state index in [2.05, 4.69) is 12.2 Å². The van der Waals surface area contributed by atoms with Gasteiger partial charge in [0.2, 0.25) is 0 Å². The lowest BCUT2D eigenvalue weighted by molar-refractivity contribution is 0.201. The molecule has 0 heterocycles. The van der Waals surface area contributed by atoms with Crippen LogP contribution in [0.15, 0.2) is 24.3 Å². The molecule has 0 saturated heterocycles. The molecule has 0 spiro atoms. The number of hydrogen-bond donors (Lipinski definition) is 2. The van der Waals surface area contributed by atoms with Crippen LogP contribution in [0.4, 0.5) is 16.2 Å². The normalized spacial score (nSPS) is 16.4. The third-order valence-electron chi connectivity index (χ3n) is 3.40. The summed E-state index contributed by atoms with van der Waals surface area (Å²) in [5.41, 5.74) is 7.06. The third-order valence-corrected chi connectivity index (χ3v) is 3.40. The van der Waals surface area contributed by atoms with Crippen molar-refractivity contribution >= 4 is 17.4 Å². The molecule has 1 aliphatic rings. The molecule has 1 unspecified atom stereocenters. The fourth-order valence-electron chi connectivity index (χ4n) is 1.86. The highest BCUT2D eigenvalue weighted by Crippen LogP contribution is 2.34. The van der Waals surface area contributed by atoms with Crippen molar-refractivity contribution in [2.75, 3.05) is 18.1 Å². The van der Waals surface area contributed by atoms with E-state index in [9.17, 15) is 4.79 Å². The van der Waals surface area contributed by atoms with E-state index in [0.29, 0.717) is 17.6 Å². The fourth-order valence-corrected chi connectivity index (χ4v) is 1.86. The summed E-state index contributed by atoms with van der Waals surface area (Å²) in [6.45, 7) is 2.10. The van der Waals surface area contributed by atoms with Gasteiger partial charge < -0.3 is 16.0 Å². The van der Waals surface area contributed by atoms with Crippen molar-refractivity contribution in [1.82, 2.24) is 4.90 Å². The molecule has 1 aromatic rings. The highest BCUT2D eigenvalue weighted by Gasteiger charge is 2.32. The van der Waals surface area contributed by atoms with Crippen LogP contribution in [0.2, 0.25) is 0 Å². The SMILES string of the molecule is CC(C1CC1)N(C)C(=O)Nc1ccc(N)cc1. The van der Waals surface area contributed by atoms with Crippen LogP contribution in [0.25, 0.3) is 0 Å². The Labute approximate surface area is 102 Å². The topological polar surface area (TPSA) is 58.4 Å². The molecule has 4 nitrogen and oxygen atoms in total. The molecular formula is C13H19N3O. The first-order valence-electron chi connectivity index (χ1n) is 5.97. The molecule has 0 aliphatic heterocycles. The van der Waals surface area contributed by atoms with Gasteiger partial charge >= 0.3 is 6.03 Å². The Morgan fingerprint density at radius 1 is 1.41 bits per heavy atom. The fraction of sp³-hybridized carbons (Fsp3) is 0.462. The minimum Gasteiger partial charge on any atom is -0.399 e. The number of anilines is 2. The van der Waals surface area contributed by atoms with E-state index in [-0.39, 0.29) is 6.03 Å². The Morgan fingerprint density at radius 3 is 2.53 bits per heavy atom. The zero-order valence-corrected chi connectivity index (χ0v) is 10.3. The van der Waals surface area contributed by atoms with Gasteiger partial charge in [0.1, 0.15) is 0 Å². The van der Waals surface area contributed by atoms with E-state index >= 15 is 0 Å². The van der Waals surface area contributed by atoms with E-state index < -0.39 is 0 Å². The standard InChI is InChI=1S/C13H19N3O/c1-9(10-3-4-10)16(2)13(17)15-12-7-5-11(14)6-8-12/h5-10H,3-4,14H2,1-2H3,(H,15,17). The van der Waals surface area contributed by atoms with Crippen molar-refractivity contribution in [1.29, 1.82) is 0 Å². The van der Waals surface area contributed by atoms with Gasteiger partial charge in [-0.05, 0) is 49.9 Å². The van der Waals surface area contributed by atoms with Gasteiger partial charge in [-0.25, -0.2) is 4.79 Å². The molecule has 1 aromatic carbocycles. The van der Waals surface area contributed by atoms with E-state index in [0.717, 1.165) is 5.69 Å². The number of carbonyl (C=O) groups is 1. The lowest BCUT2D eigenvalue weighted by atomic mass is 10.2. The maximum absolute atomic E-state index is 12.0. The Kier molecular flexibility index (Phi) is 3.22. The number of rotatable bonds is 3. The molecule has 4 heteroatoms. The van der Waals surface area contributed by atoms with Crippen LogP contribution >= 0.6 is 0 Å². The summed E-state index contributed by atoms with van der Waals surface area (Å²) in [5, 5.41) is 2.86. The number of nitrogens with one attached hydrogen (secondary N) is 1. The minimum atomic E-state index is -0.0610. The number of amides is 2. The zero-order valence-electron chi connectivity index (χ0n) is 10.3. The monoisotopic (exact) mass is 233 g/mol. The van der Waals surface area contributed by atoms with Crippen molar-refractivity contribution in [3.05, 3.63) is 24.3 Å². The third kappa shape index (κ3) is 2.90. The molecule has 1 saturated carbocycles. The molecule has 2 amide bonds. The van der Waals surface area contributed by atoms with Crippen LogP contribution < -0.4 is 11.1 Å². The summed E-state index contributed by atoms with van der Waals surface area (Å²) in [6.07, 6.45) is 2.47. The van der Waals surface area contributed by atoms with Gasteiger partial charge in [-0.15, -0.1) is 0 Å². The van der Waals surface area contributed by atoms with Crippen LogP contribution in [0.5, 0.6) is 0 Å². The van der Waals surface area contributed by atoms with Crippen molar-refractivity contribution in [3.8, 4) is 0 Å². The number of hydrogen-bond acceptors (Lipinski definition) is 2. The maximum atomic E-state index is 12.0.